The lowest BCUT2D eigenvalue weighted by Gasteiger charge is -2.19. The summed E-state index contributed by atoms with van der Waals surface area (Å²) in [5.41, 5.74) is 8.33. The van der Waals surface area contributed by atoms with E-state index in [1.807, 2.05) is 12.3 Å². The quantitative estimate of drug-likeness (QED) is 0.669. The Balaban J connectivity index is 0.000000720. The van der Waals surface area contributed by atoms with Crippen LogP contribution in [0.15, 0.2) is 18.3 Å². The molecule has 0 bridgehead atoms. The molecule has 1 aromatic heterocycles. The van der Waals surface area contributed by atoms with Crippen molar-refractivity contribution < 1.29 is 0 Å². The van der Waals surface area contributed by atoms with Crippen LogP contribution in [0.1, 0.15) is 30.1 Å². The first-order valence-electron chi connectivity index (χ1n) is 4.07. The first kappa shape index (κ1) is 9.49. The van der Waals surface area contributed by atoms with Gasteiger partial charge in [0.15, 0.2) is 0 Å². The molecular formula is C9H13ClN2. The molecule has 1 atom stereocenters. The second-order valence-electron chi connectivity index (χ2n) is 3.05. The zero-order valence-electron chi connectivity index (χ0n) is 6.86. The molecule has 1 aromatic rings. The van der Waals surface area contributed by atoms with Crippen molar-refractivity contribution in [2.24, 2.45) is 5.73 Å². The lowest BCUT2D eigenvalue weighted by Crippen LogP contribution is -2.18. The second kappa shape index (κ2) is 3.87. The molecule has 0 radical (unpaired) electrons. The van der Waals surface area contributed by atoms with Crippen LogP contribution >= 0.6 is 12.4 Å². The largest absolute Gasteiger partial charge is 0.323 e. The van der Waals surface area contributed by atoms with E-state index in [2.05, 4.69) is 11.1 Å². The van der Waals surface area contributed by atoms with Gasteiger partial charge in [-0.05, 0) is 30.9 Å². The molecule has 66 valence electrons. The van der Waals surface area contributed by atoms with E-state index in [1.54, 1.807) is 0 Å². The Morgan fingerprint density at radius 3 is 3.08 bits per heavy atom. The van der Waals surface area contributed by atoms with Crippen LogP contribution in [0.25, 0.3) is 0 Å². The Morgan fingerprint density at radius 2 is 2.33 bits per heavy atom. The third-order valence-electron chi connectivity index (χ3n) is 2.24. The minimum Gasteiger partial charge on any atom is -0.323 e. The number of aryl methyl sites for hydroxylation is 1. The zero-order valence-corrected chi connectivity index (χ0v) is 7.68. The number of nitrogens with zero attached hydrogens (tertiary/aromatic N) is 1. The van der Waals surface area contributed by atoms with E-state index in [0.29, 0.717) is 0 Å². The highest BCUT2D eigenvalue weighted by atomic mass is 35.5. The monoisotopic (exact) mass is 184 g/mol. The number of hydrogen-bond acceptors (Lipinski definition) is 2. The maximum Gasteiger partial charge on any atom is 0.0602 e. The first-order chi connectivity index (χ1) is 5.38. The summed E-state index contributed by atoms with van der Waals surface area (Å²) in [4.78, 5) is 4.28. The molecule has 3 heteroatoms. The molecule has 1 unspecified atom stereocenters. The summed E-state index contributed by atoms with van der Waals surface area (Å²) in [6.45, 7) is 0. The van der Waals surface area contributed by atoms with Crippen molar-refractivity contribution in [2.45, 2.75) is 25.3 Å². The fourth-order valence-electron chi connectivity index (χ4n) is 1.65. The van der Waals surface area contributed by atoms with Crippen molar-refractivity contribution >= 4 is 12.4 Å². The molecule has 1 aliphatic rings. The van der Waals surface area contributed by atoms with Gasteiger partial charge in [0, 0.05) is 12.2 Å². The lowest BCUT2D eigenvalue weighted by atomic mass is 9.93. The summed E-state index contributed by atoms with van der Waals surface area (Å²) in [5.74, 6) is 0. The molecule has 0 spiro atoms. The summed E-state index contributed by atoms with van der Waals surface area (Å²) in [6, 6.07) is 4.29. The van der Waals surface area contributed by atoms with Gasteiger partial charge in [-0.25, -0.2) is 0 Å². The van der Waals surface area contributed by atoms with Gasteiger partial charge in [0.25, 0.3) is 0 Å². The second-order valence-corrected chi connectivity index (χ2v) is 3.05. The minimum absolute atomic E-state index is 0. The summed E-state index contributed by atoms with van der Waals surface area (Å²) >= 11 is 0. The standard InChI is InChI=1S/C9H12N2.ClH/c10-8-5-1-3-7-4-2-6-11-9(7)8;/h2,4,6,8H,1,3,5,10H2;1H. The average molecular weight is 185 g/mol. The van der Waals surface area contributed by atoms with Crippen molar-refractivity contribution in [3.8, 4) is 0 Å². The smallest absolute Gasteiger partial charge is 0.0602 e. The average Bonchev–Trinajstić information content (AvgIpc) is 2.06. The van der Waals surface area contributed by atoms with Crippen LogP contribution in [0.4, 0.5) is 0 Å². The topological polar surface area (TPSA) is 38.9 Å². The van der Waals surface area contributed by atoms with Crippen molar-refractivity contribution in [3.63, 3.8) is 0 Å². The Bertz CT molecular complexity index is 262. The van der Waals surface area contributed by atoms with Crippen LogP contribution < -0.4 is 5.73 Å². The van der Waals surface area contributed by atoms with E-state index in [0.717, 1.165) is 18.5 Å². The summed E-state index contributed by atoms with van der Waals surface area (Å²) in [6.07, 6.45) is 5.27. The predicted molar refractivity (Wildman–Crippen MR) is 51.4 cm³/mol. The Kier molecular flexibility index (Phi) is 3.06. The van der Waals surface area contributed by atoms with Crippen LogP contribution in [-0.2, 0) is 6.42 Å². The zero-order chi connectivity index (χ0) is 7.68. The van der Waals surface area contributed by atoms with Gasteiger partial charge in [0.1, 0.15) is 0 Å². The number of halogens is 1. The number of nitrogens with two attached hydrogens (primary N) is 1. The van der Waals surface area contributed by atoms with Crippen LogP contribution in [0.3, 0.4) is 0 Å². The molecular weight excluding hydrogens is 172 g/mol. The fourth-order valence-corrected chi connectivity index (χ4v) is 1.65. The molecule has 1 heterocycles. The molecule has 12 heavy (non-hydrogen) atoms. The van der Waals surface area contributed by atoms with Crippen molar-refractivity contribution in [1.82, 2.24) is 4.98 Å². The number of hydrogen-bond donors (Lipinski definition) is 1. The van der Waals surface area contributed by atoms with E-state index >= 15 is 0 Å². The van der Waals surface area contributed by atoms with Gasteiger partial charge in [0.2, 0.25) is 0 Å². The molecule has 0 aromatic carbocycles. The summed E-state index contributed by atoms with van der Waals surface area (Å²) < 4.78 is 0. The number of fused-ring (bicyclic) bond motifs is 1. The molecule has 0 amide bonds. The summed E-state index contributed by atoms with van der Waals surface area (Å²) in [5, 5.41) is 0. The van der Waals surface area contributed by atoms with Crippen LogP contribution in [0.2, 0.25) is 0 Å². The Labute approximate surface area is 78.6 Å². The number of aromatic nitrogens is 1. The summed E-state index contributed by atoms with van der Waals surface area (Å²) in [7, 11) is 0. The lowest BCUT2D eigenvalue weighted by molar-refractivity contribution is 0.554. The normalized spacial score (nSPS) is 20.9. The van der Waals surface area contributed by atoms with Crippen LogP contribution in [-0.4, -0.2) is 4.98 Å². The van der Waals surface area contributed by atoms with Crippen molar-refractivity contribution in [1.29, 1.82) is 0 Å². The first-order valence-corrected chi connectivity index (χ1v) is 4.07. The van der Waals surface area contributed by atoms with Gasteiger partial charge in [-0.2, -0.15) is 0 Å². The van der Waals surface area contributed by atoms with E-state index in [1.165, 1.54) is 12.0 Å². The highest BCUT2D eigenvalue weighted by molar-refractivity contribution is 5.85. The van der Waals surface area contributed by atoms with E-state index in [-0.39, 0.29) is 18.4 Å². The Morgan fingerprint density at radius 1 is 1.50 bits per heavy atom. The molecule has 2 nitrogen and oxygen atoms in total. The maximum atomic E-state index is 5.88. The molecule has 1 aliphatic carbocycles. The van der Waals surface area contributed by atoms with Crippen LogP contribution in [0.5, 0.6) is 0 Å². The van der Waals surface area contributed by atoms with Crippen molar-refractivity contribution in [2.75, 3.05) is 0 Å². The maximum absolute atomic E-state index is 5.88. The van der Waals surface area contributed by atoms with E-state index in [4.69, 9.17) is 5.73 Å². The molecule has 0 saturated carbocycles. The van der Waals surface area contributed by atoms with Gasteiger partial charge in [-0.3, -0.25) is 4.98 Å². The molecule has 2 N–H and O–H groups in total. The molecule has 0 saturated heterocycles. The number of pyridine rings is 1. The Hall–Kier alpha value is -0.600. The molecule has 0 fully saturated rings. The third-order valence-corrected chi connectivity index (χ3v) is 2.24. The van der Waals surface area contributed by atoms with Gasteiger partial charge in [-0.15, -0.1) is 12.4 Å². The van der Waals surface area contributed by atoms with Gasteiger partial charge < -0.3 is 5.73 Å². The fraction of sp³-hybridized carbons (Fsp3) is 0.444. The van der Waals surface area contributed by atoms with E-state index < -0.39 is 0 Å². The molecule has 0 aliphatic heterocycles. The molecule has 2 rings (SSSR count). The van der Waals surface area contributed by atoms with Gasteiger partial charge >= 0.3 is 0 Å². The highest BCUT2D eigenvalue weighted by Crippen LogP contribution is 2.24. The third kappa shape index (κ3) is 1.59. The number of rotatable bonds is 0. The SMILES string of the molecule is Cl.NC1CCCc2cccnc21. The van der Waals surface area contributed by atoms with Gasteiger partial charge in [0.05, 0.1) is 5.69 Å². The van der Waals surface area contributed by atoms with Gasteiger partial charge in [-0.1, -0.05) is 6.07 Å². The minimum atomic E-state index is 0. The predicted octanol–water partition coefficient (Wildman–Crippen LogP) is 1.84. The highest BCUT2D eigenvalue weighted by Gasteiger charge is 2.16. The van der Waals surface area contributed by atoms with Crippen LogP contribution in [0, 0.1) is 0 Å². The van der Waals surface area contributed by atoms with Crippen molar-refractivity contribution in [3.05, 3.63) is 29.6 Å². The van der Waals surface area contributed by atoms with E-state index in [9.17, 15) is 0 Å².